The SMILES string of the molecule is [2H]c1c([2H])c(N(c2cccc(-c3ccccc3)c2)c2cccc3oc4c5ccccc5ccc4c23)c([2H])c([2H])c1-c1c([2H])c([2H])c([2H])c2sc3c([2H])c([2H])c([2H])c([2H])c3c12. The molecule has 49 heavy (non-hydrogen) atoms. The molecule has 0 atom stereocenters. The van der Waals surface area contributed by atoms with Crippen LogP contribution in [0.2, 0.25) is 0 Å². The van der Waals surface area contributed by atoms with E-state index in [2.05, 4.69) is 0 Å². The molecular formula is C46H29NOS. The Labute approximate surface area is 303 Å². The third-order valence-electron chi connectivity index (χ3n) is 8.85. The predicted molar refractivity (Wildman–Crippen MR) is 210 cm³/mol. The number of hydrogen-bond acceptors (Lipinski definition) is 3. The molecule has 0 saturated heterocycles. The Morgan fingerprint density at radius 2 is 1.31 bits per heavy atom. The lowest BCUT2D eigenvalue weighted by molar-refractivity contribution is 0.672. The highest BCUT2D eigenvalue weighted by Crippen LogP contribution is 2.46. The summed E-state index contributed by atoms with van der Waals surface area (Å²) in [5.74, 6) is 0. The second-order valence-electron chi connectivity index (χ2n) is 11.7. The zero-order chi connectivity index (χ0) is 41.9. The standard InChI is InChI=1S/C46H29NOS/c1-2-11-30(12-3-1)33-14-8-15-35(29-33)47(40-19-10-20-41-45(40)39-28-25-31-13-4-5-16-37(31)46(39)48-41)34-26-23-32(24-27-34)36-18-9-22-43-44(36)38-17-6-7-21-42(38)49-43/h1-29H/i6D,7D,9D,17D,18D,21D,22D,23D,24D,26D,27D. The van der Waals surface area contributed by atoms with E-state index in [-0.39, 0.29) is 49.1 Å². The Morgan fingerprint density at radius 1 is 0.510 bits per heavy atom. The summed E-state index contributed by atoms with van der Waals surface area (Å²) < 4.78 is 106. The smallest absolute Gasteiger partial charge is 0.143 e. The van der Waals surface area contributed by atoms with Crippen LogP contribution in [0.5, 0.6) is 0 Å². The van der Waals surface area contributed by atoms with Crippen molar-refractivity contribution in [2.24, 2.45) is 0 Å². The zero-order valence-corrected chi connectivity index (χ0v) is 26.5. The summed E-state index contributed by atoms with van der Waals surface area (Å²) in [6.07, 6.45) is 0. The van der Waals surface area contributed by atoms with Gasteiger partial charge in [-0.3, -0.25) is 0 Å². The molecular weight excluding hydrogens is 615 g/mol. The van der Waals surface area contributed by atoms with Crippen molar-refractivity contribution in [2.45, 2.75) is 0 Å². The highest BCUT2D eigenvalue weighted by molar-refractivity contribution is 7.25. The normalized spacial score (nSPS) is 14.8. The summed E-state index contributed by atoms with van der Waals surface area (Å²) in [5.41, 5.74) is 3.39. The lowest BCUT2D eigenvalue weighted by Gasteiger charge is -2.27. The molecule has 0 fully saturated rings. The van der Waals surface area contributed by atoms with E-state index in [1.54, 1.807) is 4.90 Å². The van der Waals surface area contributed by atoms with Crippen molar-refractivity contribution in [3.05, 3.63) is 176 Å². The summed E-state index contributed by atoms with van der Waals surface area (Å²) in [6, 6.07) is 29.4. The third kappa shape index (κ3) is 4.55. The van der Waals surface area contributed by atoms with E-state index in [0.29, 0.717) is 27.9 Å². The van der Waals surface area contributed by atoms with Crippen molar-refractivity contribution < 1.29 is 19.5 Å². The van der Waals surface area contributed by atoms with E-state index >= 15 is 0 Å². The van der Waals surface area contributed by atoms with Crippen LogP contribution in [0.4, 0.5) is 17.1 Å². The van der Waals surface area contributed by atoms with Gasteiger partial charge in [0.1, 0.15) is 11.2 Å². The van der Waals surface area contributed by atoms with Gasteiger partial charge in [-0.25, -0.2) is 0 Å². The molecule has 2 nitrogen and oxygen atoms in total. The minimum absolute atomic E-state index is 0.00988. The number of rotatable bonds is 5. The van der Waals surface area contributed by atoms with Gasteiger partial charge in [0.25, 0.3) is 0 Å². The maximum absolute atomic E-state index is 9.73. The van der Waals surface area contributed by atoms with Gasteiger partial charge in [-0.15, -0.1) is 11.3 Å². The number of nitrogens with zero attached hydrogens (tertiary/aromatic N) is 1. The van der Waals surface area contributed by atoms with E-state index in [1.165, 1.54) is 0 Å². The van der Waals surface area contributed by atoms with E-state index < -0.39 is 54.4 Å². The first-order valence-electron chi connectivity index (χ1n) is 21.2. The molecule has 0 bridgehead atoms. The minimum Gasteiger partial charge on any atom is -0.455 e. The second-order valence-corrected chi connectivity index (χ2v) is 12.7. The van der Waals surface area contributed by atoms with Crippen LogP contribution in [0.3, 0.4) is 0 Å². The van der Waals surface area contributed by atoms with Crippen LogP contribution in [0.1, 0.15) is 15.1 Å². The van der Waals surface area contributed by atoms with Gasteiger partial charge in [0.15, 0.2) is 0 Å². The van der Waals surface area contributed by atoms with Crippen LogP contribution in [-0.2, 0) is 0 Å². The van der Waals surface area contributed by atoms with Gasteiger partial charge in [0.05, 0.1) is 26.2 Å². The summed E-state index contributed by atoms with van der Waals surface area (Å²) in [7, 11) is 0. The maximum Gasteiger partial charge on any atom is 0.143 e. The molecule has 0 radical (unpaired) electrons. The van der Waals surface area contributed by atoms with Crippen molar-refractivity contribution in [3.8, 4) is 22.3 Å². The molecule has 8 aromatic carbocycles. The molecule has 2 aromatic heterocycles. The van der Waals surface area contributed by atoms with Gasteiger partial charge in [-0.05, 0) is 82.1 Å². The molecule has 0 unspecified atom stereocenters. The Hall–Kier alpha value is -6.16. The van der Waals surface area contributed by atoms with Gasteiger partial charge in [0, 0.05) is 42.3 Å². The molecule has 230 valence electrons. The van der Waals surface area contributed by atoms with Crippen LogP contribution >= 0.6 is 11.3 Å². The molecule has 0 N–H and O–H groups in total. The number of anilines is 3. The van der Waals surface area contributed by atoms with E-state index in [0.717, 1.165) is 38.6 Å². The Morgan fingerprint density at radius 3 is 2.22 bits per heavy atom. The Kier molecular flexibility index (Phi) is 4.35. The topological polar surface area (TPSA) is 16.4 Å². The minimum atomic E-state index is -0.553. The van der Waals surface area contributed by atoms with Gasteiger partial charge < -0.3 is 9.32 Å². The number of benzene rings is 8. The van der Waals surface area contributed by atoms with Gasteiger partial charge in [-0.1, -0.05) is 121 Å². The second kappa shape index (κ2) is 11.2. The highest BCUT2D eigenvalue weighted by Gasteiger charge is 2.21. The first-order valence-corrected chi connectivity index (χ1v) is 16.5. The van der Waals surface area contributed by atoms with E-state index in [9.17, 15) is 5.48 Å². The summed E-state index contributed by atoms with van der Waals surface area (Å²) >= 11 is 0.874. The molecule has 0 amide bonds. The molecule has 2 heterocycles. The van der Waals surface area contributed by atoms with Crippen LogP contribution in [-0.4, -0.2) is 0 Å². The number of hydrogen-bond donors (Lipinski definition) is 0. The number of thiophene rings is 1. The fraction of sp³-hybridized carbons (Fsp3) is 0. The monoisotopic (exact) mass is 654 g/mol. The van der Waals surface area contributed by atoms with Gasteiger partial charge in [-0.2, -0.15) is 0 Å². The maximum atomic E-state index is 9.73. The molecule has 3 heteroatoms. The quantitative estimate of drug-likeness (QED) is 0.184. The first-order chi connectivity index (χ1) is 28.9. The Balaban J connectivity index is 1.31. The molecule has 0 spiro atoms. The summed E-state index contributed by atoms with van der Waals surface area (Å²) in [4.78, 5) is 1.69. The van der Waals surface area contributed by atoms with Crippen LogP contribution < -0.4 is 4.90 Å². The van der Waals surface area contributed by atoms with Crippen LogP contribution in [0, 0.1) is 0 Å². The lowest BCUT2D eigenvalue weighted by Crippen LogP contribution is -2.10. The fourth-order valence-electron chi connectivity index (χ4n) is 6.66. The van der Waals surface area contributed by atoms with Gasteiger partial charge >= 0.3 is 0 Å². The zero-order valence-electron chi connectivity index (χ0n) is 36.7. The molecule has 0 aliphatic heterocycles. The highest BCUT2D eigenvalue weighted by atomic mass is 32.1. The molecule has 10 rings (SSSR count). The van der Waals surface area contributed by atoms with Crippen molar-refractivity contribution in [1.82, 2.24) is 0 Å². The van der Waals surface area contributed by atoms with Crippen LogP contribution in [0.15, 0.2) is 180 Å². The van der Waals surface area contributed by atoms with Gasteiger partial charge in [0.2, 0.25) is 0 Å². The molecule has 10 aromatic rings. The molecule has 0 saturated carbocycles. The van der Waals surface area contributed by atoms with Crippen LogP contribution in [0.25, 0.3) is 75.1 Å². The molecule has 0 aliphatic carbocycles. The largest absolute Gasteiger partial charge is 0.455 e. The van der Waals surface area contributed by atoms with E-state index in [1.807, 2.05) is 109 Å². The van der Waals surface area contributed by atoms with Crippen molar-refractivity contribution in [3.63, 3.8) is 0 Å². The first kappa shape index (κ1) is 19.0. The number of fused-ring (bicyclic) bond motifs is 8. The van der Waals surface area contributed by atoms with Crippen molar-refractivity contribution >= 4 is 81.3 Å². The average molecular weight is 655 g/mol. The lowest BCUT2D eigenvalue weighted by atomic mass is 9.98. The summed E-state index contributed by atoms with van der Waals surface area (Å²) in [5, 5.41) is 3.35. The van der Waals surface area contributed by atoms with Crippen molar-refractivity contribution in [1.29, 1.82) is 0 Å². The predicted octanol–water partition coefficient (Wildman–Crippen LogP) is 13.9. The average Bonchev–Trinajstić information content (AvgIpc) is 3.87. The fourth-order valence-corrected chi connectivity index (χ4v) is 7.62. The third-order valence-corrected chi connectivity index (χ3v) is 9.87. The number of furan rings is 1. The van der Waals surface area contributed by atoms with Crippen molar-refractivity contribution in [2.75, 3.05) is 4.90 Å². The molecule has 0 aliphatic rings. The Bertz CT molecular complexity index is 3440. The van der Waals surface area contributed by atoms with E-state index in [4.69, 9.17) is 14.0 Å². The summed E-state index contributed by atoms with van der Waals surface area (Å²) in [6.45, 7) is 0.